The highest BCUT2D eigenvalue weighted by Gasteiger charge is 2.28. The van der Waals surface area contributed by atoms with Crippen LogP contribution in [-0.2, 0) is 5.54 Å². The average Bonchev–Trinajstić information content (AvgIpc) is 2.80. The van der Waals surface area contributed by atoms with E-state index in [0.29, 0.717) is 0 Å². The molecule has 0 radical (unpaired) electrons. The van der Waals surface area contributed by atoms with Crippen molar-refractivity contribution in [2.45, 2.75) is 71.8 Å². The van der Waals surface area contributed by atoms with Crippen molar-refractivity contribution in [3.63, 3.8) is 0 Å². The van der Waals surface area contributed by atoms with Crippen LogP contribution in [0.4, 0.5) is 0 Å². The van der Waals surface area contributed by atoms with Crippen LogP contribution in [-0.4, -0.2) is 11.5 Å². The van der Waals surface area contributed by atoms with Gasteiger partial charge in [0.25, 0.3) is 0 Å². The highest BCUT2D eigenvalue weighted by atomic mass is 32.1. The third-order valence-corrected chi connectivity index (χ3v) is 4.61. The van der Waals surface area contributed by atoms with Crippen LogP contribution in [0.2, 0.25) is 0 Å². The number of nitrogens with zero attached hydrogens (tertiary/aromatic N) is 1. The zero-order valence-corrected chi connectivity index (χ0v) is 13.2. The van der Waals surface area contributed by atoms with Gasteiger partial charge in [0.2, 0.25) is 0 Å². The third kappa shape index (κ3) is 4.69. The van der Waals surface area contributed by atoms with Crippen LogP contribution in [0.25, 0.3) is 0 Å². The monoisotopic (exact) mass is 268 g/mol. The lowest BCUT2D eigenvalue weighted by atomic mass is 9.94. The molecular formula is C15H28N2S. The van der Waals surface area contributed by atoms with Gasteiger partial charge in [0.15, 0.2) is 0 Å². The van der Waals surface area contributed by atoms with Gasteiger partial charge in [-0.1, -0.05) is 39.5 Å². The normalized spacial score (nSPS) is 14.7. The number of rotatable bonds is 9. The number of aromatic nitrogens is 1. The molecule has 0 saturated carbocycles. The maximum absolute atomic E-state index is 4.69. The van der Waals surface area contributed by atoms with Gasteiger partial charge in [0.05, 0.1) is 5.54 Å². The van der Waals surface area contributed by atoms with Gasteiger partial charge in [0, 0.05) is 11.1 Å². The van der Waals surface area contributed by atoms with Gasteiger partial charge in [-0.05, 0) is 33.2 Å². The van der Waals surface area contributed by atoms with Crippen LogP contribution in [0.5, 0.6) is 0 Å². The summed E-state index contributed by atoms with van der Waals surface area (Å²) in [6.45, 7) is 9.95. The lowest BCUT2D eigenvalue weighted by molar-refractivity contribution is 0.325. The minimum absolute atomic E-state index is 0.0721. The second kappa shape index (κ2) is 7.90. The molecule has 3 heteroatoms. The Morgan fingerprint density at radius 1 is 1.22 bits per heavy atom. The van der Waals surface area contributed by atoms with Gasteiger partial charge in [0.1, 0.15) is 5.01 Å². The van der Waals surface area contributed by atoms with Crippen molar-refractivity contribution in [1.29, 1.82) is 0 Å². The number of aryl methyl sites for hydroxylation is 1. The molecule has 0 bridgehead atoms. The summed E-state index contributed by atoms with van der Waals surface area (Å²) >= 11 is 1.80. The van der Waals surface area contributed by atoms with Crippen LogP contribution in [0.3, 0.4) is 0 Å². The molecule has 0 aliphatic carbocycles. The molecule has 0 aliphatic rings. The smallest absolute Gasteiger partial charge is 0.113 e. The summed E-state index contributed by atoms with van der Waals surface area (Å²) in [6, 6.07) is 0. The molecule has 1 aromatic rings. The molecule has 18 heavy (non-hydrogen) atoms. The van der Waals surface area contributed by atoms with Gasteiger partial charge in [-0.2, -0.15) is 0 Å². The van der Waals surface area contributed by atoms with Crippen molar-refractivity contribution in [3.05, 3.63) is 16.1 Å². The minimum atomic E-state index is 0.0721. The maximum Gasteiger partial charge on any atom is 0.113 e. The Labute approximate surface area is 116 Å². The van der Waals surface area contributed by atoms with Gasteiger partial charge < -0.3 is 5.32 Å². The quantitative estimate of drug-likeness (QED) is 0.660. The van der Waals surface area contributed by atoms with E-state index in [1.165, 1.54) is 43.5 Å². The molecule has 104 valence electrons. The fraction of sp³-hybridized carbons (Fsp3) is 0.800. The molecule has 1 rings (SSSR count). The Morgan fingerprint density at radius 2 is 2.00 bits per heavy atom. The molecule has 2 nitrogen and oxygen atoms in total. The molecule has 0 saturated heterocycles. The van der Waals surface area contributed by atoms with Gasteiger partial charge in [-0.25, -0.2) is 4.98 Å². The van der Waals surface area contributed by atoms with Crippen molar-refractivity contribution in [1.82, 2.24) is 10.3 Å². The van der Waals surface area contributed by atoms with E-state index in [2.05, 4.69) is 38.4 Å². The van der Waals surface area contributed by atoms with Crippen LogP contribution < -0.4 is 5.32 Å². The van der Waals surface area contributed by atoms with Crippen molar-refractivity contribution in [2.24, 2.45) is 0 Å². The van der Waals surface area contributed by atoms with E-state index in [4.69, 9.17) is 4.98 Å². The predicted molar refractivity (Wildman–Crippen MR) is 81.3 cm³/mol. The van der Waals surface area contributed by atoms with Crippen LogP contribution in [0, 0.1) is 6.92 Å². The van der Waals surface area contributed by atoms with E-state index < -0.39 is 0 Å². The maximum atomic E-state index is 4.69. The van der Waals surface area contributed by atoms with E-state index in [9.17, 15) is 0 Å². The summed E-state index contributed by atoms with van der Waals surface area (Å²) in [4.78, 5) is 4.69. The standard InChI is InChI=1S/C15H28N2S/c1-5-7-8-9-10-15(4,16-11-6-2)14-17-13(3)12-18-14/h12,16H,5-11H2,1-4H3. The summed E-state index contributed by atoms with van der Waals surface area (Å²) in [5.41, 5.74) is 1.22. The molecule has 0 aromatic carbocycles. The second-order valence-electron chi connectivity index (χ2n) is 5.36. The first-order chi connectivity index (χ1) is 8.62. The van der Waals surface area contributed by atoms with E-state index in [1.54, 1.807) is 11.3 Å². The Kier molecular flexibility index (Phi) is 6.87. The molecule has 0 spiro atoms. The molecule has 0 aliphatic heterocycles. The van der Waals surface area contributed by atoms with E-state index >= 15 is 0 Å². The van der Waals surface area contributed by atoms with Crippen molar-refractivity contribution in [2.75, 3.05) is 6.54 Å². The van der Waals surface area contributed by atoms with Crippen LogP contribution >= 0.6 is 11.3 Å². The number of hydrogen-bond donors (Lipinski definition) is 1. The molecule has 1 heterocycles. The zero-order chi connectivity index (χ0) is 13.4. The summed E-state index contributed by atoms with van der Waals surface area (Å²) in [6.07, 6.45) is 7.65. The Morgan fingerprint density at radius 3 is 2.56 bits per heavy atom. The zero-order valence-electron chi connectivity index (χ0n) is 12.4. The lowest BCUT2D eigenvalue weighted by Crippen LogP contribution is -2.40. The van der Waals surface area contributed by atoms with Crippen molar-refractivity contribution < 1.29 is 0 Å². The molecule has 0 amide bonds. The fourth-order valence-electron chi connectivity index (χ4n) is 2.18. The highest BCUT2D eigenvalue weighted by Crippen LogP contribution is 2.29. The van der Waals surface area contributed by atoms with Gasteiger partial charge >= 0.3 is 0 Å². The average molecular weight is 268 g/mol. The van der Waals surface area contributed by atoms with E-state index in [1.807, 2.05) is 0 Å². The predicted octanol–water partition coefficient (Wildman–Crippen LogP) is 4.64. The van der Waals surface area contributed by atoms with Crippen molar-refractivity contribution in [3.8, 4) is 0 Å². The Hall–Kier alpha value is -0.410. The topological polar surface area (TPSA) is 24.9 Å². The van der Waals surface area contributed by atoms with E-state index in [-0.39, 0.29) is 5.54 Å². The number of nitrogens with one attached hydrogen (secondary N) is 1. The van der Waals surface area contributed by atoms with Gasteiger partial charge in [-0.3, -0.25) is 0 Å². The summed E-state index contributed by atoms with van der Waals surface area (Å²) in [5, 5.41) is 7.11. The Bertz CT molecular complexity index is 335. The summed E-state index contributed by atoms with van der Waals surface area (Å²) in [7, 11) is 0. The molecular weight excluding hydrogens is 240 g/mol. The first-order valence-corrected chi connectivity index (χ1v) is 8.18. The molecule has 1 N–H and O–H groups in total. The number of hydrogen-bond acceptors (Lipinski definition) is 3. The minimum Gasteiger partial charge on any atom is -0.306 e. The highest BCUT2D eigenvalue weighted by molar-refractivity contribution is 7.09. The molecule has 1 unspecified atom stereocenters. The first kappa shape index (κ1) is 15.6. The molecule has 0 fully saturated rings. The largest absolute Gasteiger partial charge is 0.306 e. The number of unbranched alkanes of at least 4 members (excludes halogenated alkanes) is 3. The SMILES string of the molecule is CCCCCCC(C)(NCCC)c1nc(C)cs1. The fourth-order valence-corrected chi connectivity index (χ4v) is 3.15. The number of thiazole rings is 1. The molecule has 1 aromatic heterocycles. The third-order valence-electron chi connectivity index (χ3n) is 3.39. The van der Waals surface area contributed by atoms with Crippen molar-refractivity contribution >= 4 is 11.3 Å². The van der Waals surface area contributed by atoms with Gasteiger partial charge in [-0.15, -0.1) is 11.3 Å². The van der Waals surface area contributed by atoms with Crippen LogP contribution in [0.15, 0.2) is 5.38 Å². The summed E-state index contributed by atoms with van der Waals surface area (Å²) < 4.78 is 0. The summed E-state index contributed by atoms with van der Waals surface area (Å²) in [5.74, 6) is 0. The Balaban J connectivity index is 2.62. The second-order valence-corrected chi connectivity index (χ2v) is 6.22. The van der Waals surface area contributed by atoms with Crippen LogP contribution in [0.1, 0.15) is 70.0 Å². The lowest BCUT2D eigenvalue weighted by Gasteiger charge is -2.29. The first-order valence-electron chi connectivity index (χ1n) is 7.30. The van der Waals surface area contributed by atoms with E-state index in [0.717, 1.165) is 12.2 Å². The molecule has 1 atom stereocenters.